The fourth-order valence-corrected chi connectivity index (χ4v) is 6.01. The molecule has 2 aromatic carbocycles. The third kappa shape index (κ3) is 6.68. The summed E-state index contributed by atoms with van der Waals surface area (Å²) in [5.41, 5.74) is 1.46. The largest absolute Gasteiger partial charge is 0.452 e. The first-order chi connectivity index (χ1) is 16.9. The highest BCUT2D eigenvalue weighted by molar-refractivity contribution is 7.89. The Labute approximate surface area is 207 Å². The Morgan fingerprint density at radius 3 is 2.03 bits per heavy atom. The van der Waals surface area contributed by atoms with Gasteiger partial charge in [-0.15, -0.1) is 0 Å². The normalized spacial score (nSPS) is 18.1. The zero-order valence-corrected chi connectivity index (χ0v) is 20.8. The fourth-order valence-electron chi connectivity index (χ4n) is 4.49. The number of hydrogen-bond donors (Lipinski definition) is 0. The van der Waals surface area contributed by atoms with Crippen molar-refractivity contribution in [2.24, 2.45) is 0 Å². The van der Waals surface area contributed by atoms with Crippen molar-refractivity contribution in [2.45, 2.75) is 37.1 Å². The Hall–Kier alpha value is -2.75. The molecule has 2 saturated heterocycles. The van der Waals surface area contributed by atoms with E-state index < -0.39 is 16.0 Å². The van der Waals surface area contributed by atoms with Crippen LogP contribution in [-0.2, 0) is 26.1 Å². The molecule has 8 nitrogen and oxygen atoms in total. The van der Waals surface area contributed by atoms with Crippen molar-refractivity contribution in [3.8, 4) is 0 Å². The number of ether oxygens (including phenoxy) is 1. The van der Waals surface area contributed by atoms with Crippen molar-refractivity contribution >= 4 is 21.9 Å². The maximum absolute atomic E-state index is 12.9. The summed E-state index contributed by atoms with van der Waals surface area (Å²) in [4.78, 5) is 29.1. The number of amides is 1. The molecule has 4 rings (SSSR count). The molecule has 35 heavy (non-hydrogen) atoms. The lowest BCUT2D eigenvalue weighted by molar-refractivity contribution is -0.136. The third-order valence-corrected chi connectivity index (χ3v) is 8.51. The quantitative estimate of drug-likeness (QED) is 0.545. The Morgan fingerprint density at radius 1 is 0.771 bits per heavy atom. The van der Waals surface area contributed by atoms with Crippen LogP contribution in [0.5, 0.6) is 0 Å². The van der Waals surface area contributed by atoms with E-state index in [4.69, 9.17) is 4.74 Å². The molecule has 0 bridgehead atoms. The molecule has 0 spiro atoms. The molecule has 0 radical (unpaired) electrons. The van der Waals surface area contributed by atoms with E-state index in [1.807, 2.05) is 18.2 Å². The molecule has 2 aromatic rings. The van der Waals surface area contributed by atoms with E-state index in [1.54, 1.807) is 4.90 Å². The van der Waals surface area contributed by atoms with E-state index in [9.17, 15) is 18.0 Å². The summed E-state index contributed by atoms with van der Waals surface area (Å²) in [6, 6.07) is 16.0. The van der Waals surface area contributed by atoms with E-state index in [2.05, 4.69) is 17.0 Å². The van der Waals surface area contributed by atoms with Crippen LogP contribution in [0.1, 0.15) is 41.6 Å². The number of sulfonamides is 1. The number of benzene rings is 2. The Bertz CT molecular complexity index is 1090. The van der Waals surface area contributed by atoms with Gasteiger partial charge < -0.3 is 9.64 Å². The van der Waals surface area contributed by atoms with Crippen LogP contribution in [0.25, 0.3) is 0 Å². The molecule has 0 aromatic heterocycles. The van der Waals surface area contributed by atoms with Gasteiger partial charge in [-0.3, -0.25) is 9.69 Å². The van der Waals surface area contributed by atoms with Crippen molar-refractivity contribution in [2.75, 3.05) is 45.9 Å². The zero-order valence-electron chi connectivity index (χ0n) is 20.0. The minimum Gasteiger partial charge on any atom is -0.452 e. The smallest absolute Gasteiger partial charge is 0.338 e. The number of piperazine rings is 1. The Morgan fingerprint density at radius 2 is 1.40 bits per heavy atom. The molecule has 9 heteroatoms. The van der Waals surface area contributed by atoms with Gasteiger partial charge in [0.1, 0.15) is 0 Å². The summed E-state index contributed by atoms with van der Waals surface area (Å²) in [6.07, 6.45) is 3.80. The predicted molar refractivity (Wildman–Crippen MR) is 132 cm³/mol. The summed E-state index contributed by atoms with van der Waals surface area (Å²) in [5.74, 6) is -0.863. The Balaban J connectivity index is 1.24. The van der Waals surface area contributed by atoms with Gasteiger partial charge in [-0.25, -0.2) is 13.2 Å². The first-order valence-corrected chi connectivity index (χ1v) is 13.7. The predicted octanol–water partition coefficient (Wildman–Crippen LogP) is 2.75. The van der Waals surface area contributed by atoms with Crippen LogP contribution >= 0.6 is 0 Å². The molecule has 0 saturated carbocycles. The van der Waals surface area contributed by atoms with Gasteiger partial charge in [-0.2, -0.15) is 4.31 Å². The van der Waals surface area contributed by atoms with Crippen LogP contribution < -0.4 is 0 Å². The fraction of sp³-hybridized carbons (Fsp3) is 0.462. The third-order valence-electron chi connectivity index (χ3n) is 6.59. The maximum atomic E-state index is 12.9. The minimum absolute atomic E-state index is 0.167. The number of rotatable bonds is 7. The highest BCUT2D eigenvalue weighted by Gasteiger charge is 2.26. The number of hydrogen-bond acceptors (Lipinski definition) is 6. The number of carbonyl (C=O) groups is 2. The average molecular weight is 500 g/mol. The molecule has 0 N–H and O–H groups in total. The standard InChI is InChI=1S/C26H33N3O5S/c30-25(28-18-16-27(17-19-28)20-22-8-4-3-5-9-22)21-34-26(31)23-10-12-24(13-11-23)35(32,33)29-14-6-1-2-7-15-29/h3-5,8-13H,1-2,6-7,14-21H2. The topological polar surface area (TPSA) is 87.2 Å². The van der Waals surface area contributed by atoms with Crippen molar-refractivity contribution < 1.29 is 22.7 Å². The lowest BCUT2D eigenvalue weighted by Gasteiger charge is -2.34. The lowest BCUT2D eigenvalue weighted by Crippen LogP contribution is -2.49. The van der Waals surface area contributed by atoms with Gasteiger partial charge in [-0.1, -0.05) is 43.2 Å². The second kappa shape index (κ2) is 11.8. The summed E-state index contributed by atoms with van der Waals surface area (Å²) < 4.78 is 32.5. The molecule has 188 valence electrons. The molecule has 0 atom stereocenters. The van der Waals surface area contributed by atoms with Crippen molar-refractivity contribution in [1.82, 2.24) is 14.1 Å². The van der Waals surface area contributed by atoms with Crippen molar-refractivity contribution in [1.29, 1.82) is 0 Å². The van der Waals surface area contributed by atoms with Gasteiger partial charge in [0.15, 0.2) is 6.61 Å². The van der Waals surface area contributed by atoms with E-state index >= 15 is 0 Å². The molecule has 0 aliphatic carbocycles. The summed E-state index contributed by atoms with van der Waals surface area (Å²) in [6.45, 7) is 4.28. The van der Waals surface area contributed by atoms with Crippen molar-refractivity contribution in [3.63, 3.8) is 0 Å². The number of esters is 1. The maximum Gasteiger partial charge on any atom is 0.338 e. The highest BCUT2D eigenvalue weighted by atomic mass is 32.2. The van der Waals surface area contributed by atoms with Gasteiger partial charge in [-0.05, 0) is 42.7 Å². The SMILES string of the molecule is O=C(OCC(=O)N1CCN(Cc2ccccc2)CC1)c1ccc(S(=O)(=O)N2CCCCCC2)cc1. The first-order valence-electron chi connectivity index (χ1n) is 12.2. The summed E-state index contributed by atoms with van der Waals surface area (Å²) in [5, 5.41) is 0. The van der Waals surface area contributed by atoms with E-state index in [-0.39, 0.29) is 23.0 Å². The van der Waals surface area contributed by atoms with E-state index in [1.165, 1.54) is 34.1 Å². The molecule has 0 unspecified atom stereocenters. The number of nitrogens with zero attached hydrogens (tertiary/aromatic N) is 3. The van der Waals surface area contributed by atoms with Crippen molar-refractivity contribution in [3.05, 3.63) is 65.7 Å². The van der Waals surface area contributed by atoms with Gasteiger partial charge in [0.05, 0.1) is 10.5 Å². The van der Waals surface area contributed by atoms with Crippen LogP contribution in [0, 0.1) is 0 Å². The monoisotopic (exact) mass is 499 g/mol. The first kappa shape index (κ1) is 25.3. The molecule has 2 aliphatic rings. The molecular weight excluding hydrogens is 466 g/mol. The van der Waals surface area contributed by atoms with Crippen LogP contribution in [-0.4, -0.2) is 80.3 Å². The molecule has 2 aliphatic heterocycles. The lowest BCUT2D eigenvalue weighted by atomic mass is 10.2. The van der Waals surface area contributed by atoms with E-state index in [0.29, 0.717) is 26.2 Å². The summed E-state index contributed by atoms with van der Waals surface area (Å²) >= 11 is 0. The zero-order chi connectivity index (χ0) is 24.7. The molecule has 2 fully saturated rings. The second-order valence-corrected chi connectivity index (χ2v) is 11.0. The Kier molecular flexibility index (Phi) is 8.54. The minimum atomic E-state index is -3.58. The second-order valence-electron chi connectivity index (χ2n) is 9.06. The van der Waals surface area contributed by atoms with Gasteiger partial charge in [0.25, 0.3) is 5.91 Å². The van der Waals surface area contributed by atoms with Crippen LogP contribution in [0.2, 0.25) is 0 Å². The van der Waals surface area contributed by atoms with Crippen LogP contribution in [0.4, 0.5) is 0 Å². The summed E-state index contributed by atoms with van der Waals surface area (Å²) in [7, 11) is -3.58. The van der Waals surface area contributed by atoms with E-state index in [0.717, 1.165) is 45.3 Å². The van der Waals surface area contributed by atoms with Gasteiger partial charge in [0, 0.05) is 45.8 Å². The number of carbonyl (C=O) groups excluding carboxylic acids is 2. The highest BCUT2D eigenvalue weighted by Crippen LogP contribution is 2.21. The molecule has 2 heterocycles. The average Bonchev–Trinajstić information content (AvgIpc) is 3.19. The van der Waals surface area contributed by atoms with Gasteiger partial charge >= 0.3 is 5.97 Å². The molecular formula is C26H33N3O5S. The van der Waals surface area contributed by atoms with Gasteiger partial charge in [0.2, 0.25) is 10.0 Å². The van der Waals surface area contributed by atoms with Crippen LogP contribution in [0.15, 0.2) is 59.5 Å². The van der Waals surface area contributed by atoms with Crippen LogP contribution in [0.3, 0.4) is 0 Å². The molecule has 1 amide bonds.